The zero-order valence-corrected chi connectivity index (χ0v) is 18.8. The maximum Gasteiger partial charge on any atom is 0.191 e. The molecule has 2 heterocycles. The number of furan rings is 1. The molecule has 0 bridgehead atoms. The van der Waals surface area contributed by atoms with Gasteiger partial charge in [0.2, 0.25) is 0 Å². The van der Waals surface area contributed by atoms with E-state index >= 15 is 0 Å². The summed E-state index contributed by atoms with van der Waals surface area (Å²) in [4.78, 5) is 4.69. The Morgan fingerprint density at radius 2 is 2.07 bits per heavy atom. The van der Waals surface area contributed by atoms with Crippen molar-refractivity contribution < 1.29 is 19.0 Å². The molecule has 1 aliphatic heterocycles. The van der Waals surface area contributed by atoms with E-state index in [4.69, 9.17) is 13.9 Å². The molecule has 30 heavy (non-hydrogen) atoms. The van der Waals surface area contributed by atoms with Crippen LogP contribution in [0.25, 0.3) is 0 Å². The van der Waals surface area contributed by atoms with Crippen molar-refractivity contribution in [1.82, 2.24) is 10.6 Å². The van der Waals surface area contributed by atoms with Crippen molar-refractivity contribution in [2.45, 2.75) is 59.3 Å². The number of benzene rings is 1. The number of fused-ring (bicyclic) bond motifs is 1. The zero-order chi connectivity index (χ0) is 21.9. The highest BCUT2D eigenvalue weighted by molar-refractivity contribution is 5.80. The lowest BCUT2D eigenvalue weighted by Crippen LogP contribution is -2.44. The molecule has 0 amide bonds. The highest BCUT2D eigenvalue weighted by Crippen LogP contribution is 2.35. The summed E-state index contributed by atoms with van der Waals surface area (Å²) in [5, 5.41) is 17.4. The van der Waals surface area contributed by atoms with Gasteiger partial charge in [0, 0.05) is 29.7 Å². The van der Waals surface area contributed by atoms with Crippen LogP contribution in [-0.2, 0) is 18.6 Å². The number of nitrogens with zero attached hydrogens (tertiary/aromatic N) is 1. The quantitative estimate of drug-likeness (QED) is 0.475. The fraction of sp³-hybridized carbons (Fsp3) is 0.522. The van der Waals surface area contributed by atoms with Gasteiger partial charge in [-0.15, -0.1) is 0 Å². The molecule has 1 aliphatic rings. The largest absolute Gasteiger partial charge is 0.496 e. The number of methoxy groups -OCH3 is 1. The van der Waals surface area contributed by atoms with Gasteiger partial charge in [-0.2, -0.15) is 0 Å². The fourth-order valence-electron chi connectivity index (χ4n) is 3.82. The van der Waals surface area contributed by atoms with E-state index in [0.717, 1.165) is 40.6 Å². The van der Waals surface area contributed by atoms with E-state index in [1.807, 2.05) is 39.0 Å². The number of aryl methyl sites for hydroxylation is 2. The first-order valence-corrected chi connectivity index (χ1v) is 10.4. The molecule has 0 aliphatic carbocycles. The van der Waals surface area contributed by atoms with Gasteiger partial charge in [-0.1, -0.05) is 0 Å². The SMILES string of the molecule is CCNC(=NCc1cc2c(cc1OC)CC(C)O2)NCC(C)(O)c1cc(C)oc1C. The monoisotopic (exact) mass is 415 g/mol. The number of rotatable bonds is 7. The summed E-state index contributed by atoms with van der Waals surface area (Å²) in [6, 6.07) is 5.93. The van der Waals surface area contributed by atoms with Crippen LogP contribution in [0.3, 0.4) is 0 Å². The summed E-state index contributed by atoms with van der Waals surface area (Å²) in [5.41, 5.74) is 1.80. The first kappa shape index (κ1) is 22.0. The maximum atomic E-state index is 11.0. The summed E-state index contributed by atoms with van der Waals surface area (Å²) in [7, 11) is 1.67. The Morgan fingerprint density at radius 1 is 1.30 bits per heavy atom. The minimum Gasteiger partial charge on any atom is -0.496 e. The molecule has 2 atom stereocenters. The number of guanidine groups is 1. The third-order valence-corrected chi connectivity index (χ3v) is 5.27. The van der Waals surface area contributed by atoms with Crippen molar-refractivity contribution in [2.75, 3.05) is 20.2 Å². The molecule has 0 saturated carbocycles. The van der Waals surface area contributed by atoms with Crippen LogP contribution >= 0.6 is 0 Å². The lowest BCUT2D eigenvalue weighted by atomic mass is 9.96. The van der Waals surface area contributed by atoms with Crippen LogP contribution in [0.5, 0.6) is 11.5 Å². The van der Waals surface area contributed by atoms with Gasteiger partial charge in [0.25, 0.3) is 0 Å². The minimum absolute atomic E-state index is 0.180. The molecule has 2 aromatic rings. The highest BCUT2D eigenvalue weighted by atomic mass is 16.5. The topological polar surface area (TPSA) is 88.3 Å². The molecule has 164 valence electrons. The number of hydrogen-bond donors (Lipinski definition) is 3. The Balaban J connectivity index is 1.74. The molecule has 7 heteroatoms. The van der Waals surface area contributed by atoms with E-state index in [1.165, 1.54) is 5.56 Å². The summed E-state index contributed by atoms with van der Waals surface area (Å²) < 4.78 is 17.0. The van der Waals surface area contributed by atoms with E-state index in [9.17, 15) is 5.11 Å². The smallest absolute Gasteiger partial charge is 0.191 e. The predicted octanol–water partition coefficient (Wildman–Crippen LogP) is 3.19. The second kappa shape index (κ2) is 9.00. The molecule has 3 N–H and O–H groups in total. The standard InChI is InChI=1S/C23H33N3O4/c1-7-24-22(26-13-23(5,27)19-9-15(3)29-16(19)4)25-12-18-11-21-17(8-14(2)30-21)10-20(18)28-6/h9-11,14,27H,7-8,12-13H2,1-6H3,(H2,24,25,26). The summed E-state index contributed by atoms with van der Waals surface area (Å²) in [6.07, 6.45) is 1.07. The van der Waals surface area contributed by atoms with Gasteiger partial charge >= 0.3 is 0 Å². The Morgan fingerprint density at radius 3 is 2.70 bits per heavy atom. The maximum absolute atomic E-state index is 11.0. The summed E-state index contributed by atoms with van der Waals surface area (Å²) in [5.74, 6) is 3.83. The van der Waals surface area contributed by atoms with Crippen molar-refractivity contribution in [3.63, 3.8) is 0 Å². The summed E-state index contributed by atoms with van der Waals surface area (Å²) >= 11 is 0. The second-order valence-electron chi connectivity index (χ2n) is 8.05. The molecular formula is C23H33N3O4. The van der Waals surface area contributed by atoms with Gasteiger partial charge in [-0.25, -0.2) is 4.99 Å². The molecule has 7 nitrogen and oxygen atoms in total. The minimum atomic E-state index is -1.09. The van der Waals surface area contributed by atoms with Crippen molar-refractivity contribution >= 4 is 5.96 Å². The van der Waals surface area contributed by atoms with E-state index in [2.05, 4.69) is 22.5 Å². The third-order valence-electron chi connectivity index (χ3n) is 5.27. The molecule has 0 fully saturated rings. The van der Waals surface area contributed by atoms with Crippen LogP contribution in [0.4, 0.5) is 0 Å². The summed E-state index contributed by atoms with van der Waals surface area (Å²) in [6.45, 7) is 11.0. The van der Waals surface area contributed by atoms with Crippen LogP contribution in [0.1, 0.15) is 49.0 Å². The Hall–Kier alpha value is -2.67. The molecule has 3 rings (SSSR count). The lowest BCUT2D eigenvalue weighted by molar-refractivity contribution is 0.0601. The molecule has 1 aromatic carbocycles. The lowest BCUT2D eigenvalue weighted by Gasteiger charge is -2.24. The third kappa shape index (κ3) is 4.90. The first-order valence-electron chi connectivity index (χ1n) is 10.4. The van der Waals surface area contributed by atoms with Crippen LogP contribution < -0.4 is 20.1 Å². The number of hydrogen-bond acceptors (Lipinski definition) is 5. The normalized spacial score (nSPS) is 17.8. The van der Waals surface area contributed by atoms with Gasteiger partial charge in [0.15, 0.2) is 5.96 Å². The van der Waals surface area contributed by atoms with Gasteiger partial charge in [-0.05, 0) is 52.8 Å². The zero-order valence-electron chi connectivity index (χ0n) is 18.8. The molecule has 0 spiro atoms. The molecule has 1 aromatic heterocycles. The number of ether oxygens (including phenoxy) is 2. The molecule has 0 saturated heterocycles. The average Bonchev–Trinajstić information content (AvgIpc) is 3.23. The number of aliphatic imine (C=N–C) groups is 1. The van der Waals surface area contributed by atoms with E-state index < -0.39 is 5.60 Å². The number of nitrogens with one attached hydrogen (secondary N) is 2. The average molecular weight is 416 g/mol. The van der Waals surface area contributed by atoms with Crippen LogP contribution in [0.15, 0.2) is 27.6 Å². The highest BCUT2D eigenvalue weighted by Gasteiger charge is 2.28. The van der Waals surface area contributed by atoms with Crippen LogP contribution in [0.2, 0.25) is 0 Å². The van der Waals surface area contributed by atoms with Crippen molar-refractivity contribution in [1.29, 1.82) is 0 Å². The Kier molecular flexibility index (Phi) is 6.61. The van der Waals surface area contributed by atoms with Crippen LogP contribution in [0, 0.1) is 13.8 Å². The molecular weight excluding hydrogens is 382 g/mol. The molecule has 2 unspecified atom stereocenters. The van der Waals surface area contributed by atoms with E-state index in [0.29, 0.717) is 25.6 Å². The van der Waals surface area contributed by atoms with Crippen molar-refractivity contribution in [3.8, 4) is 11.5 Å². The number of aliphatic hydroxyl groups is 1. The van der Waals surface area contributed by atoms with Gasteiger partial charge in [0.1, 0.15) is 34.7 Å². The van der Waals surface area contributed by atoms with E-state index in [1.54, 1.807) is 14.0 Å². The van der Waals surface area contributed by atoms with Gasteiger partial charge in [0.05, 0.1) is 20.2 Å². The van der Waals surface area contributed by atoms with Crippen molar-refractivity contribution in [2.24, 2.45) is 4.99 Å². The predicted molar refractivity (Wildman–Crippen MR) is 117 cm³/mol. The first-order chi connectivity index (χ1) is 14.2. The Bertz CT molecular complexity index is 917. The molecule has 0 radical (unpaired) electrons. The fourth-order valence-corrected chi connectivity index (χ4v) is 3.82. The van der Waals surface area contributed by atoms with Crippen molar-refractivity contribution in [3.05, 3.63) is 46.4 Å². The Labute approximate surface area is 178 Å². The van der Waals surface area contributed by atoms with Gasteiger partial charge < -0.3 is 29.6 Å². The second-order valence-corrected chi connectivity index (χ2v) is 8.05. The van der Waals surface area contributed by atoms with E-state index in [-0.39, 0.29) is 6.10 Å². The van der Waals surface area contributed by atoms with Gasteiger partial charge in [-0.3, -0.25) is 0 Å². The van der Waals surface area contributed by atoms with Crippen LogP contribution in [-0.4, -0.2) is 37.4 Å².